The van der Waals surface area contributed by atoms with E-state index < -0.39 is 0 Å². The molecular weight excluding hydrogens is 284 g/mol. The van der Waals surface area contributed by atoms with E-state index in [2.05, 4.69) is 6.07 Å². The fourth-order valence-electron chi connectivity index (χ4n) is 1.96. The van der Waals surface area contributed by atoms with Crippen LogP contribution >= 0.6 is 11.8 Å². The SMILES string of the molecule is C[C@H](SCc1ccccc1C#N)c1cccc([N+](=O)[O-])c1. The van der Waals surface area contributed by atoms with Crippen molar-refractivity contribution < 1.29 is 4.92 Å². The molecule has 2 aromatic carbocycles. The fraction of sp³-hybridized carbons (Fsp3) is 0.188. The van der Waals surface area contributed by atoms with E-state index in [9.17, 15) is 10.1 Å². The van der Waals surface area contributed by atoms with Gasteiger partial charge in [0, 0.05) is 23.1 Å². The van der Waals surface area contributed by atoms with Crippen molar-refractivity contribution in [3.63, 3.8) is 0 Å². The molecule has 0 aliphatic heterocycles. The molecule has 0 aliphatic carbocycles. The smallest absolute Gasteiger partial charge is 0.258 e. The molecule has 2 rings (SSSR count). The minimum Gasteiger partial charge on any atom is -0.258 e. The Balaban J connectivity index is 2.08. The number of nitrogens with zero attached hydrogens (tertiary/aromatic N) is 2. The molecule has 2 aromatic rings. The topological polar surface area (TPSA) is 66.9 Å². The first-order chi connectivity index (χ1) is 10.1. The van der Waals surface area contributed by atoms with Gasteiger partial charge < -0.3 is 0 Å². The molecule has 0 bridgehead atoms. The Labute approximate surface area is 127 Å². The Morgan fingerprint density at radius 1 is 1.29 bits per heavy atom. The molecule has 0 amide bonds. The maximum atomic E-state index is 10.8. The van der Waals surface area contributed by atoms with E-state index in [4.69, 9.17) is 5.26 Å². The monoisotopic (exact) mass is 298 g/mol. The zero-order valence-electron chi connectivity index (χ0n) is 11.5. The second-order valence-corrected chi connectivity index (χ2v) is 5.90. The molecule has 0 N–H and O–H groups in total. The van der Waals surface area contributed by atoms with Gasteiger partial charge in [-0.05, 0) is 24.1 Å². The van der Waals surface area contributed by atoms with Gasteiger partial charge in [0.15, 0.2) is 0 Å². The molecular formula is C16H14N2O2S. The largest absolute Gasteiger partial charge is 0.269 e. The average Bonchev–Trinajstić information content (AvgIpc) is 2.52. The Hall–Kier alpha value is -2.32. The third kappa shape index (κ3) is 3.83. The van der Waals surface area contributed by atoms with Crippen molar-refractivity contribution in [3.8, 4) is 6.07 Å². The Kier molecular flexibility index (Phi) is 4.96. The van der Waals surface area contributed by atoms with Crippen LogP contribution in [0.3, 0.4) is 0 Å². The zero-order valence-corrected chi connectivity index (χ0v) is 12.3. The zero-order chi connectivity index (χ0) is 15.2. The summed E-state index contributed by atoms with van der Waals surface area (Å²) >= 11 is 1.66. The van der Waals surface area contributed by atoms with Crippen LogP contribution < -0.4 is 0 Å². The molecule has 21 heavy (non-hydrogen) atoms. The van der Waals surface area contributed by atoms with Crippen LogP contribution in [-0.2, 0) is 5.75 Å². The van der Waals surface area contributed by atoms with Crippen molar-refractivity contribution in [2.75, 3.05) is 0 Å². The number of benzene rings is 2. The first-order valence-corrected chi connectivity index (χ1v) is 7.50. The van der Waals surface area contributed by atoms with E-state index in [0.29, 0.717) is 11.3 Å². The molecule has 0 aliphatic rings. The molecule has 5 heteroatoms. The maximum Gasteiger partial charge on any atom is 0.269 e. The maximum absolute atomic E-state index is 10.8. The van der Waals surface area contributed by atoms with Crippen LogP contribution in [0.2, 0.25) is 0 Å². The molecule has 0 saturated heterocycles. The second kappa shape index (κ2) is 6.91. The lowest BCUT2D eigenvalue weighted by atomic mass is 10.1. The van der Waals surface area contributed by atoms with E-state index in [-0.39, 0.29) is 15.9 Å². The first kappa shape index (κ1) is 15.1. The lowest BCUT2D eigenvalue weighted by Crippen LogP contribution is -1.94. The van der Waals surface area contributed by atoms with Crippen molar-refractivity contribution in [1.82, 2.24) is 0 Å². The van der Waals surface area contributed by atoms with E-state index in [1.807, 2.05) is 31.2 Å². The summed E-state index contributed by atoms with van der Waals surface area (Å²) in [5, 5.41) is 20.0. The predicted octanol–water partition coefficient (Wildman–Crippen LogP) is 4.46. The number of hydrogen-bond acceptors (Lipinski definition) is 4. The number of rotatable bonds is 5. The summed E-state index contributed by atoms with van der Waals surface area (Å²) in [6.07, 6.45) is 0. The van der Waals surface area contributed by atoms with Gasteiger partial charge in [-0.15, -0.1) is 11.8 Å². The van der Waals surface area contributed by atoms with Crippen LogP contribution in [0.4, 0.5) is 5.69 Å². The summed E-state index contributed by atoms with van der Waals surface area (Å²) in [6, 6.07) is 16.4. The highest BCUT2D eigenvalue weighted by Gasteiger charge is 2.12. The van der Waals surface area contributed by atoms with Crippen LogP contribution in [0.15, 0.2) is 48.5 Å². The Bertz CT molecular complexity index is 695. The molecule has 0 unspecified atom stereocenters. The molecule has 0 heterocycles. The van der Waals surface area contributed by atoms with Crippen LogP contribution in [0.25, 0.3) is 0 Å². The van der Waals surface area contributed by atoms with Crippen molar-refractivity contribution in [1.29, 1.82) is 5.26 Å². The van der Waals surface area contributed by atoms with Crippen LogP contribution in [0.5, 0.6) is 0 Å². The number of non-ortho nitro benzene ring substituents is 1. The van der Waals surface area contributed by atoms with Gasteiger partial charge in [-0.25, -0.2) is 0 Å². The molecule has 0 spiro atoms. The first-order valence-electron chi connectivity index (χ1n) is 6.46. The van der Waals surface area contributed by atoms with E-state index in [0.717, 1.165) is 11.1 Å². The summed E-state index contributed by atoms with van der Waals surface area (Å²) in [4.78, 5) is 10.4. The highest BCUT2D eigenvalue weighted by atomic mass is 32.2. The van der Waals surface area contributed by atoms with Gasteiger partial charge in [0.25, 0.3) is 5.69 Å². The third-order valence-electron chi connectivity index (χ3n) is 3.18. The summed E-state index contributed by atoms with van der Waals surface area (Å²) < 4.78 is 0. The third-order valence-corrected chi connectivity index (χ3v) is 4.43. The van der Waals surface area contributed by atoms with Gasteiger partial charge in [0.1, 0.15) is 0 Å². The highest BCUT2D eigenvalue weighted by molar-refractivity contribution is 7.98. The second-order valence-electron chi connectivity index (χ2n) is 4.57. The van der Waals surface area contributed by atoms with E-state index in [1.165, 1.54) is 6.07 Å². The minimum absolute atomic E-state index is 0.109. The standard InChI is InChI=1S/C16H14N2O2S/c1-12(13-7-4-8-16(9-13)18(19)20)21-11-15-6-3-2-5-14(15)10-17/h2-9,12H,11H2,1H3/t12-/m0/s1. The van der Waals surface area contributed by atoms with Crippen molar-refractivity contribution in [2.45, 2.75) is 17.9 Å². The minimum atomic E-state index is -0.383. The molecule has 0 saturated carbocycles. The normalized spacial score (nSPS) is 11.6. The van der Waals surface area contributed by atoms with Crippen molar-refractivity contribution >= 4 is 17.4 Å². The Morgan fingerprint density at radius 2 is 2.05 bits per heavy atom. The summed E-state index contributed by atoms with van der Waals surface area (Å²) in [5.74, 6) is 0.702. The molecule has 0 radical (unpaired) electrons. The van der Waals surface area contributed by atoms with Gasteiger partial charge in [-0.1, -0.05) is 30.3 Å². The lowest BCUT2D eigenvalue weighted by Gasteiger charge is -2.12. The molecule has 1 atom stereocenters. The van der Waals surface area contributed by atoms with Gasteiger partial charge >= 0.3 is 0 Å². The number of nitriles is 1. The van der Waals surface area contributed by atoms with Crippen LogP contribution in [0.1, 0.15) is 28.9 Å². The summed E-state index contributed by atoms with van der Waals surface area (Å²) in [6.45, 7) is 2.01. The van der Waals surface area contributed by atoms with Crippen molar-refractivity contribution in [3.05, 3.63) is 75.3 Å². The van der Waals surface area contributed by atoms with Gasteiger partial charge in [-0.2, -0.15) is 5.26 Å². The quantitative estimate of drug-likeness (QED) is 0.603. The van der Waals surface area contributed by atoms with E-state index >= 15 is 0 Å². The van der Waals surface area contributed by atoms with Gasteiger partial charge in [0.2, 0.25) is 0 Å². The van der Waals surface area contributed by atoms with Crippen molar-refractivity contribution in [2.24, 2.45) is 0 Å². The number of hydrogen-bond donors (Lipinski definition) is 0. The van der Waals surface area contributed by atoms with Crippen LogP contribution in [-0.4, -0.2) is 4.92 Å². The predicted molar refractivity (Wildman–Crippen MR) is 84.0 cm³/mol. The lowest BCUT2D eigenvalue weighted by molar-refractivity contribution is -0.384. The molecule has 0 fully saturated rings. The Morgan fingerprint density at radius 3 is 2.76 bits per heavy atom. The van der Waals surface area contributed by atoms with E-state index in [1.54, 1.807) is 30.0 Å². The summed E-state index contributed by atoms with van der Waals surface area (Å²) in [5.41, 5.74) is 2.69. The van der Waals surface area contributed by atoms with Gasteiger partial charge in [-0.3, -0.25) is 10.1 Å². The van der Waals surface area contributed by atoms with Crippen LogP contribution in [0, 0.1) is 21.4 Å². The molecule has 106 valence electrons. The molecule has 4 nitrogen and oxygen atoms in total. The summed E-state index contributed by atoms with van der Waals surface area (Å²) in [7, 11) is 0. The highest BCUT2D eigenvalue weighted by Crippen LogP contribution is 2.33. The van der Waals surface area contributed by atoms with Gasteiger partial charge in [0.05, 0.1) is 16.6 Å². The number of nitro benzene ring substituents is 1. The number of thioether (sulfide) groups is 1. The molecule has 0 aromatic heterocycles. The fourth-order valence-corrected chi connectivity index (χ4v) is 2.98. The number of nitro groups is 1. The average molecular weight is 298 g/mol.